The summed E-state index contributed by atoms with van der Waals surface area (Å²) in [6.07, 6.45) is 4.17. The molecule has 13 heavy (non-hydrogen) atoms. The summed E-state index contributed by atoms with van der Waals surface area (Å²) in [4.78, 5) is 2.59. The van der Waals surface area contributed by atoms with E-state index in [0.29, 0.717) is 5.92 Å². The summed E-state index contributed by atoms with van der Waals surface area (Å²) >= 11 is 5.82. The minimum atomic E-state index is 0.645. The van der Waals surface area contributed by atoms with Crippen LogP contribution in [0.4, 0.5) is 0 Å². The van der Waals surface area contributed by atoms with Crippen LogP contribution in [0.1, 0.15) is 33.1 Å². The van der Waals surface area contributed by atoms with Crippen LogP contribution in [-0.4, -0.2) is 30.4 Å². The van der Waals surface area contributed by atoms with Gasteiger partial charge in [-0.25, -0.2) is 0 Å². The van der Waals surface area contributed by atoms with Gasteiger partial charge in [-0.05, 0) is 37.6 Å². The maximum Gasteiger partial charge on any atom is 0.0261 e. The Kier molecular flexibility index (Phi) is 5.12. The third-order valence-corrected chi connectivity index (χ3v) is 3.11. The first kappa shape index (κ1) is 11.3. The molecule has 2 heteroatoms. The third-order valence-electron chi connectivity index (χ3n) is 2.59. The molecule has 0 spiro atoms. The van der Waals surface area contributed by atoms with Crippen LogP contribution < -0.4 is 0 Å². The highest BCUT2D eigenvalue weighted by Crippen LogP contribution is 2.29. The fraction of sp³-hybridized carbons (Fsp3) is 1.00. The van der Waals surface area contributed by atoms with E-state index in [9.17, 15) is 0 Å². The Labute approximate surface area is 87.4 Å². The molecule has 1 aliphatic carbocycles. The van der Waals surface area contributed by atoms with E-state index in [0.717, 1.165) is 11.8 Å². The molecule has 1 fully saturated rings. The van der Waals surface area contributed by atoms with Crippen LogP contribution in [0.5, 0.6) is 0 Å². The molecule has 1 saturated carbocycles. The highest BCUT2D eigenvalue weighted by atomic mass is 35.5. The maximum atomic E-state index is 5.82. The molecule has 0 aliphatic heterocycles. The Morgan fingerprint density at radius 1 is 1.46 bits per heavy atom. The second-order valence-electron chi connectivity index (χ2n) is 4.46. The predicted octanol–water partition coefficient (Wildman–Crippen LogP) is 2.98. The Morgan fingerprint density at radius 2 is 2.15 bits per heavy atom. The van der Waals surface area contributed by atoms with Crippen molar-refractivity contribution in [3.63, 3.8) is 0 Å². The number of alkyl halides is 1. The summed E-state index contributed by atoms with van der Waals surface area (Å²) in [5, 5.41) is 0. The lowest BCUT2D eigenvalue weighted by molar-refractivity contribution is 0.236. The van der Waals surface area contributed by atoms with Crippen molar-refractivity contribution < 1.29 is 0 Å². The molecule has 1 unspecified atom stereocenters. The molecule has 78 valence electrons. The SMILES string of the molecule is CCCN(CC(C)CCl)CC1CC1. The zero-order chi connectivity index (χ0) is 9.68. The molecule has 0 heterocycles. The van der Waals surface area contributed by atoms with Crippen molar-refractivity contribution in [3.05, 3.63) is 0 Å². The van der Waals surface area contributed by atoms with Gasteiger partial charge in [0.1, 0.15) is 0 Å². The van der Waals surface area contributed by atoms with Gasteiger partial charge >= 0.3 is 0 Å². The molecular formula is C11H22ClN. The molecule has 1 rings (SSSR count). The Balaban J connectivity index is 2.18. The van der Waals surface area contributed by atoms with Crippen molar-refractivity contribution in [3.8, 4) is 0 Å². The van der Waals surface area contributed by atoms with E-state index in [1.54, 1.807) is 0 Å². The predicted molar refractivity (Wildman–Crippen MR) is 59.3 cm³/mol. The zero-order valence-electron chi connectivity index (χ0n) is 8.93. The van der Waals surface area contributed by atoms with Gasteiger partial charge in [0.05, 0.1) is 0 Å². The molecule has 0 aromatic rings. The Hall–Kier alpha value is 0.250. The van der Waals surface area contributed by atoms with E-state index >= 15 is 0 Å². The van der Waals surface area contributed by atoms with Crippen LogP contribution in [0.2, 0.25) is 0 Å². The topological polar surface area (TPSA) is 3.24 Å². The molecule has 0 N–H and O–H groups in total. The lowest BCUT2D eigenvalue weighted by atomic mass is 10.2. The van der Waals surface area contributed by atoms with Gasteiger partial charge in [0.25, 0.3) is 0 Å². The summed E-state index contributed by atoms with van der Waals surface area (Å²) in [6, 6.07) is 0. The van der Waals surface area contributed by atoms with Crippen molar-refractivity contribution in [1.82, 2.24) is 4.90 Å². The molecule has 0 amide bonds. The molecule has 0 aromatic carbocycles. The molecule has 0 aromatic heterocycles. The van der Waals surface area contributed by atoms with Crippen LogP contribution >= 0.6 is 11.6 Å². The van der Waals surface area contributed by atoms with Crippen LogP contribution in [0.15, 0.2) is 0 Å². The average Bonchev–Trinajstić information content (AvgIpc) is 2.88. The van der Waals surface area contributed by atoms with Crippen molar-refractivity contribution in [1.29, 1.82) is 0 Å². The molecule has 1 aliphatic rings. The van der Waals surface area contributed by atoms with Crippen molar-refractivity contribution in [2.75, 3.05) is 25.5 Å². The average molecular weight is 204 g/mol. The van der Waals surface area contributed by atoms with Gasteiger partial charge in [-0.2, -0.15) is 0 Å². The van der Waals surface area contributed by atoms with E-state index in [4.69, 9.17) is 11.6 Å². The van der Waals surface area contributed by atoms with Gasteiger partial charge in [0.15, 0.2) is 0 Å². The van der Waals surface area contributed by atoms with Gasteiger partial charge < -0.3 is 4.90 Å². The smallest absolute Gasteiger partial charge is 0.0261 e. The zero-order valence-corrected chi connectivity index (χ0v) is 9.69. The fourth-order valence-corrected chi connectivity index (χ4v) is 1.83. The summed E-state index contributed by atoms with van der Waals surface area (Å²) in [5.74, 6) is 2.45. The first-order chi connectivity index (χ1) is 6.26. The Bertz CT molecular complexity index is 134. The van der Waals surface area contributed by atoms with E-state index in [2.05, 4.69) is 18.7 Å². The van der Waals surface area contributed by atoms with E-state index in [1.165, 1.54) is 38.9 Å². The second-order valence-corrected chi connectivity index (χ2v) is 4.77. The maximum absolute atomic E-state index is 5.82. The van der Waals surface area contributed by atoms with E-state index in [-0.39, 0.29) is 0 Å². The summed E-state index contributed by atoms with van der Waals surface area (Å²) < 4.78 is 0. The number of nitrogens with zero attached hydrogens (tertiary/aromatic N) is 1. The molecule has 0 bridgehead atoms. The second kappa shape index (κ2) is 5.87. The first-order valence-corrected chi connectivity index (χ1v) is 6.08. The van der Waals surface area contributed by atoms with Gasteiger partial charge in [0.2, 0.25) is 0 Å². The van der Waals surface area contributed by atoms with E-state index in [1.807, 2.05) is 0 Å². The highest BCUT2D eigenvalue weighted by molar-refractivity contribution is 6.18. The van der Waals surface area contributed by atoms with Gasteiger partial charge in [-0.3, -0.25) is 0 Å². The van der Waals surface area contributed by atoms with Crippen LogP contribution in [0.3, 0.4) is 0 Å². The summed E-state index contributed by atoms with van der Waals surface area (Å²) in [6.45, 7) is 8.24. The molecule has 0 saturated heterocycles. The quantitative estimate of drug-likeness (QED) is 0.575. The van der Waals surface area contributed by atoms with Crippen molar-refractivity contribution >= 4 is 11.6 Å². The minimum Gasteiger partial charge on any atom is -0.303 e. The lowest BCUT2D eigenvalue weighted by Crippen LogP contribution is -2.31. The van der Waals surface area contributed by atoms with Crippen molar-refractivity contribution in [2.24, 2.45) is 11.8 Å². The normalized spacial score (nSPS) is 19.4. The Morgan fingerprint density at radius 3 is 2.62 bits per heavy atom. The van der Waals surface area contributed by atoms with Crippen molar-refractivity contribution in [2.45, 2.75) is 33.1 Å². The monoisotopic (exact) mass is 203 g/mol. The standard InChI is InChI=1S/C11H22ClN/c1-3-6-13(8-10(2)7-12)9-11-4-5-11/h10-11H,3-9H2,1-2H3. The van der Waals surface area contributed by atoms with Crippen LogP contribution in [0, 0.1) is 11.8 Å². The van der Waals surface area contributed by atoms with Gasteiger partial charge in [-0.1, -0.05) is 13.8 Å². The van der Waals surface area contributed by atoms with Gasteiger partial charge in [-0.15, -0.1) is 11.6 Å². The lowest BCUT2D eigenvalue weighted by Gasteiger charge is -2.24. The molecule has 1 atom stereocenters. The van der Waals surface area contributed by atoms with Crippen LogP contribution in [0.25, 0.3) is 0 Å². The molecule has 0 radical (unpaired) electrons. The van der Waals surface area contributed by atoms with Crippen LogP contribution in [-0.2, 0) is 0 Å². The number of rotatable bonds is 7. The number of hydrogen-bond donors (Lipinski definition) is 0. The summed E-state index contributed by atoms with van der Waals surface area (Å²) in [5.41, 5.74) is 0. The fourth-order valence-electron chi connectivity index (χ4n) is 1.73. The summed E-state index contributed by atoms with van der Waals surface area (Å²) in [7, 11) is 0. The first-order valence-electron chi connectivity index (χ1n) is 5.54. The minimum absolute atomic E-state index is 0.645. The molecular weight excluding hydrogens is 182 g/mol. The number of hydrogen-bond acceptors (Lipinski definition) is 1. The van der Waals surface area contributed by atoms with E-state index < -0.39 is 0 Å². The van der Waals surface area contributed by atoms with Gasteiger partial charge in [0, 0.05) is 19.0 Å². The largest absolute Gasteiger partial charge is 0.303 e. The molecule has 1 nitrogen and oxygen atoms in total. The number of halogens is 1. The highest BCUT2D eigenvalue weighted by Gasteiger charge is 2.24. The third kappa shape index (κ3) is 4.87.